The van der Waals surface area contributed by atoms with Crippen LogP contribution in [0, 0.1) is 5.92 Å². The molecular weight excluding hydrogens is 294 g/mol. The zero-order valence-electron chi connectivity index (χ0n) is 13.4. The first-order valence-electron chi connectivity index (χ1n) is 8.12. The summed E-state index contributed by atoms with van der Waals surface area (Å²) in [5.41, 5.74) is 0.742. The van der Waals surface area contributed by atoms with E-state index in [-0.39, 0.29) is 17.6 Å². The van der Waals surface area contributed by atoms with Crippen LogP contribution in [0.4, 0.5) is 0 Å². The van der Waals surface area contributed by atoms with Crippen molar-refractivity contribution in [1.82, 2.24) is 5.32 Å². The van der Waals surface area contributed by atoms with Gasteiger partial charge in [0.15, 0.2) is 5.78 Å². The van der Waals surface area contributed by atoms with Crippen molar-refractivity contribution in [2.75, 3.05) is 5.75 Å². The minimum Gasteiger partial charge on any atom is -0.353 e. The molecule has 1 N–H and O–H groups in total. The number of amides is 1. The quantitative estimate of drug-likeness (QED) is 0.635. The van der Waals surface area contributed by atoms with Crippen LogP contribution in [0.25, 0.3) is 0 Å². The minimum absolute atomic E-state index is 0.0137. The summed E-state index contributed by atoms with van der Waals surface area (Å²) in [6.45, 7) is 3.81. The third kappa shape index (κ3) is 5.16. The van der Waals surface area contributed by atoms with E-state index in [1.54, 1.807) is 0 Å². The van der Waals surface area contributed by atoms with Gasteiger partial charge in [0.05, 0.1) is 5.75 Å². The van der Waals surface area contributed by atoms with Crippen molar-refractivity contribution in [2.45, 2.75) is 56.9 Å². The highest BCUT2D eigenvalue weighted by Crippen LogP contribution is 2.21. The molecule has 0 aliphatic heterocycles. The highest BCUT2D eigenvalue weighted by Gasteiger charge is 2.15. The third-order valence-corrected chi connectivity index (χ3v) is 5.02. The molecule has 0 heterocycles. The van der Waals surface area contributed by atoms with Crippen molar-refractivity contribution in [2.24, 2.45) is 5.92 Å². The van der Waals surface area contributed by atoms with E-state index < -0.39 is 0 Å². The monoisotopic (exact) mass is 319 g/mol. The van der Waals surface area contributed by atoms with Crippen molar-refractivity contribution >= 4 is 23.5 Å². The van der Waals surface area contributed by atoms with Gasteiger partial charge in [0.25, 0.3) is 0 Å². The molecule has 0 bridgehead atoms. The summed E-state index contributed by atoms with van der Waals surface area (Å²) in [6.07, 6.45) is 5.97. The predicted molar refractivity (Wildman–Crippen MR) is 91.4 cm³/mol. The smallest absolute Gasteiger partial charge is 0.230 e. The van der Waals surface area contributed by atoms with Crippen LogP contribution in [0.15, 0.2) is 29.2 Å². The van der Waals surface area contributed by atoms with E-state index in [0.717, 1.165) is 23.3 Å². The Balaban J connectivity index is 1.78. The fourth-order valence-corrected chi connectivity index (χ4v) is 3.42. The van der Waals surface area contributed by atoms with Crippen LogP contribution in [0.1, 0.15) is 56.3 Å². The largest absolute Gasteiger partial charge is 0.353 e. The molecular formula is C18H25NO2S. The Morgan fingerprint density at radius 2 is 1.77 bits per heavy atom. The van der Waals surface area contributed by atoms with Crippen LogP contribution in [0.2, 0.25) is 0 Å². The third-order valence-electron chi connectivity index (χ3n) is 4.00. The fraction of sp³-hybridized carbons (Fsp3) is 0.556. The summed E-state index contributed by atoms with van der Waals surface area (Å²) in [5.74, 6) is 0.721. The molecule has 0 unspecified atom stereocenters. The van der Waals surface area contributed by atoms with E-state index in [1.807, 2.05) is 38.1 Å². The molecule has 0 aromatic heterocycles. The second-order valence-corrected chi connectivity index (χ2v) is 7.28. The topological polar surface area (TPSA) is 46.2 Å². The van der Waals surface area contributed by atoms with Crippen molar-refractivity contribution in [3.63, 3.8) is 0 Å². The van der Waals surface area contributed by atoms with E-state index in [1.165, 1.54) is 31.0 Å². The molecule has 0 saturated heterocycles. The summed E-state index contributed by atoms with van der Waals surface area (Å²) in [7, 11) is 0. The maximum Gasteiger partial charge on any atom is 0.230 e. The van der Waals surface area contributed by atoms with Crippen molar-refractivity contribution in [3.8, 4) is 0 Å². The molecule has 4 heteroatoms. The van der Waals surface area contributed by atoms with Gasteiger partial charge in [-0.3, -0.25) is 9.59 Å². The van der Waals surface area contributed by atoms with Crippen LogP contribution in [0.3, 0.4) is 0 Å². The molecule has 1 aromatic carbocycles. The Kier molecular flexibility index (Phi) is 6.49. The second kappa shape index (κ2) is 8.37. The minimum atomic E-state index is 0.0137. The van der Waals surface area contributed by atoms with Gasteiger partial charge in [-0.25, -0.2) is 0 Å². The predicted octanol–water partition coefficient (Wildman–Crippen LogP) is 4.07. The number of hydrogen-bond acceptors (Lipinski definition) is 3. The second-order valence-electron chi connectivity index (χ2n) is 6.23. The lowest BCUT2D eigenvalue weighted by atomic mass is 9.95. The lowest BCUT2D eigenvalue weighted by Gasteiger charge is -2.22. The summed E-state index contributed by atoms with van der Waals surface area (Å²) >= 11 is 1.52. The zero-order chi connectivity index (χ0) is 15.9. The lowest BCUT2D eigenvalue weighted by Crippen LogP contribution is -2.37. The zero-order valence-corrected chi connectivity index (χ0v) is 14.2. The molecule has 1 fully saturated rings. The number of Topliss-reactive ketones (excluding diaryl/α,β-unsaturated/α-hetero) is 1. The molecule has 120 valence electrons. The SMILES string of the molecule is CC(C)C(=O)c1ccc(SCC(=O)NC2CCCCC2)cc1. The van der Waals surface area contributed by atoms with Crippen molar-refractivity contribution in [1.29, 1.82) is 0 Å². The van der Waals surface area contributed by atoms with Crippen LogP contribution in [-0.4, -0.2) is 23.5 Å². The Hall–Kier alpha value is -1.29. The van der Waals surface area contributed by atoms with E-state index in [0.29, 0.717) is 11.8 Å². The first-order valence-corrected chi connectivity index (χ1v) is 9.11. The summed E-state index contributed by atoms with van der Waals surface area (Å²) in [4.78, 5) is 24.9. The average molecular weight is 319 g/mol. The van der Waals surface area contributed by atoms with E-state index in [2.05, 4.69) is 5.32 Å². The number of benzene rings is 1. The number of hydrogen-bond donors (Lipinski definition) is 1. The maximum atomic E-state index is 12.0. The molecule has 0 atom stereocenters. The summed E-state index contributed by atoms with van der Waals surface area (Å²) < 4.78 is 0. The van der Waals surface area contributed by atoms with Gasteiger partial charge in [-0.2, -0.15) is 0 Å². The Bertz CT molecular complexity index is 504. The van der Waals surface area contributed by atoms with Crippen LogP contribution >= 0.6 is 11.8 Å². The molecule has 0 radical (unpaired) electrons. The highest BCUT2D eigenvalue weighted by molar-refractivity contribution is 8.00. The molecule has 1 aromatic rings. The lowest BCUT2D eigenvalue weighted by molar-refractivity contribution is -0.119. The standard InChI is InChI=1S/C18H25NO2S/c1-13(2)18(21)14-8-10-16(11-9-14)22-12-17(20)19-15-6-4-3-5-7-15/h8-11,13,15H,3-7,12H2,1-2H3,(H,19,20). The number of nitrogens with one attached hydrogen (secondary N) is 1. The average Bonchev–Trinajstić information content (AvgIpc) is 2.53. The van der Waals surface area contributed by atoms with Crippen LogP contribution in [0.5, 0.6) is 0 Å². The van der Waals surface area contributed by atoms with E-state index in [4.69, 9.17) is 0 Å². The van der Waals surface area contributed by atoms with Crippen LogP contribution in [-0.2, 0) is 4.79 Å². The van der Waals surface area contributed by atoms with E-state index in [9.17, 15) is 9.59 Å². The Morgan fingerprint density at radius 3 is 2.36 bits per heavy atom. The Labute approximate surface area is 137 Å². The molecule has 3 nitrogen and oxygen atoms in total. The van der Waals surface area contributed by atoms with Gasteiger partial charge < -0.3 is 5.32 Å². The van der Waals surface area contributed by atoms with E-state index >= 15 is 0 Å². The normalized spacial score (nSPS) is 15.8. The van der Waals surface area contributed by atoms with Gasteiger partial charge >= 0.3 is 0 Å². The molecule has 1 amide bonds. The van der Waals surface area contributed by atoms with Crippen molar-refractivity contribution in [3.05, 3.63) is 29.8 Å². The van der Waals surface area contributed by atoms with Gasteiger partial charge in [0.2, 0.25) is 5.91 Å². The number of carbonyl (C=O) groups excluding carboxylic acids is 2. The molecule has 1 saturated carbocycles. The molecule has 2 rings (SSSR count). The van der Waals surface area contributed by atoms with Gasteiger partial charge in [-0.1, -0.05) is 45.2 Å². The highest BCUT2D eigenvalue weighted by atomic mass is 32.2. The van der Waals surface area contributed by atoms with Crippen molar-refractivity contribution < 1.29 is 9.59 Å². The Morgan fingerprint density at radius 1 is 1.14 bits per heavy atom. The molecule has 1 aliphatic rings. The number of rotatable bonds is 6. The molecule has 1 aliphatic carbocycles. The number of thioether (sulfide) groups is 1. The summed E-state index contributed by atoms with van der Waals surface area (Å²) in [5, 5.41) is 3.12. The van der Waals surface area contributed by atoms with Gasteiger partial charge in [0.1, 0.15) is 0 Å². The molecule has 0 spiro atoms. The van der Waals surface area contributed by atoms with Gasteiger partial charge in [-0.15, -0.1) is 11.8 Å². The first kappa shape index (κ1) is 17.1. The van der Waals surface area contributed by atoms with Crippen LogP contribution < -0.4 is 5.32 Å². The van der Waals surface area contributed by atoms with Gasteiger partial charge in [-0.05, 0) is 25.0 Å². The maximum absolute atomic E-state index is 12.0. The number of carbonyl (C=O) groups is 2. The summed E-state index contributed by atoms with van der Waals surface area (Å²) in [6, 6.07) is 7.92. The first-order chi connectivity index (χ1) is 10.6. The number of ketones is 1. The molecule has 22 heavy (non-hydrogen) atoms. The fourth-order valence-electron chi connectivity index (χ4n) is 2.71. The van der Waals surface area contributed by atoms with Gasteiger partial charge in [0, 0.05) is 22.4 Å².